The average Bonchev–Trinajstić information content (AvgIpc) is 2.37. The van der Waals surface area contributed by atoms with E-state index >= 15 is 0 Å². The average molecular weight is 348 g/mol. The van der Waals surface area contributed by atoms with E-state index in [0.717, 1.165) is 0 Å². The van der Waals surface area contributed by atoms with Crippen LogP contribution in [0.25, 0.3) is 0 Å². The molecular weight excluding hydrogens is 329 g/mol. The van der Waals surface area contributed by atoms with Gasteiger partial charge in [-0.1, -0.05) is 15.9 Å². The summed E-state index contributed by atoms with van der Waals surface area (Å²) in [6, 6.07) is 4.41. The van der Waals surface area contributed by atoms with E-state index in [1.807, 2.05) is 13.8 Å². The van der Waals surface area contributed by atoms with Crippen molar-refractivity contribution < 1.29 is 19.0 Å². The van der Waals surface area contributed by atoms with Gasteiger partial charge in [0.2, 0.25) is 0 Å². The smallest absolute Gasteiger partial charge is 0.260 e. The molecule has 1 aromatic carbocycles. The molecule has 0 aliphatic carbocycles. The molecule has 1 N–H and O–H groups in total. The molecule has 0 unspecified atom stereocenters. The first kappa shape index (κ1) is 16.9. The van der Waals surface area contributed by atoms with Crippen molar-refractivity contribution in [2.45, 2.75) is 26.3 Å². The molecule has 0 heterocycles. The summed E-state index contributed by atoms with van der Waals surface area (Å²) < 4.78 is 19.4. The van der Waals surface area contributed by atoms with Crippen molar-refractivity contribution in [2.24, 2.45) is 0 Å². The van der Waals surface area contributed by atoms with Gasteiger partial charge in [-0.05, 0) is 38.5 Å². The Labute approximate surface area is 126 Å². The molecular formula is C14H19BrFNO3. The monoisotopic (exact) mass is 347 g/mol. The number of benzene rings is 1. The first-order valence-electron chi connectivity index (χ1n) is 6.44. The fourth-order valence-electron chi connectivity index (χ4n) is 1.73. The van der Waals surface area contributed by atoms with Crippen molar-refractivity contribution in [1.29, 1.82) is 0 Å². The van der Waals surface area contributed by atoms with Gasteiger partial charge in [-0.2, -0.15) is 0 Å². The van der Waals surface area contributed by atoms with Gasteiger partial charge in [0.05, 0.1) is 0 Å². The van der Waals surface area contributed by atoms with Crippen LogP contribution in [0, 0.1) is 5.82 Å². The van der Waals surface area contributed by atoms with Crippen LogP contribution in [0.5, 0.6) is 5.75 Å². The molecule has 0 fully saturated rings. The second kappa shape index (κ2) is 8.21. The molecule has 20 heavy (non-hydrogen) atoms. The number of halogens is 2. The van der Waals surface area contributed by atoms with Crippen LogP contribution < -0.4 is 4.74 Å². The van der Waals surface area contributed by atoms with E-state index in [1.165, 1.54) is 12.1 Å². The summed E-state index contributed by atoms with van der Waals surface area (Å²) >= 11 is 3.15. The van der Waals surface area contributed by atoms with Crippen LogP contribution in [0.4, 0.5) is 4.39 Å². The van der Waals surface area contributed by atoms with E-state index in [4.69, 9.17) is 9.84 Å². The number of aliphatic hydroxyl groups is 1. The maximum Gasteiger partial charge on any atom is 0.260 e. The second-order valence-corrected chi connectivity index (χ2v) is 5.54. The lowest BCUT2D eigenvalue weighted by molar-refractivity contribution is -0.135. The summed E-state index contributed by atoms with van der Waals surface area (Å²) in [6.45, 7) is 4.03. The number of ether oxygens (including phenoxy) is 1. The summed E-state index contributed by atoms with van der Waals surface area (Å²) in [4.78, 5) is 13.6. The number of nitrogens with zero attached hydrogens (tertiary/aromatic N) is 1. The number of carbonyl (C=O) groups excluding carboxylic acids is 1. The van der Waals surface area contributed by atoms with Crippen molar-refractivity contribution in [3.63, 3.8) is 0 Å². The van der Waals surface area contributed by atoms with Crippen LogP contribution in [0.2, 0.25) is 0 Å². The molecule has 0 radical (unpaired) electrons. The lowest BCUT2D eigenvalue weighted by Crippen LogP contribution is -2.40. The van der Waals surface area contributed by atoms with Gasteiger partial charge < -0.3 is 14.7 Å². The third-order valence-electron chi connectivity index (χ3n) is 2.75. The third kappa shape index (κ3) is 5.09. The number of carbonyl (C=O) groups is 1. The van der Waals surface area contributed by atoms with E-state index in [2.05, 4.69) is 15.9 Å². The molecule has 0 saturated heterocycles. The van der Waals surface area contributed by atoms with Crippen LogP contribution >= 0.6 is 15.9 Å². The normalized spacial score (nSPS) is 10.7. The molecule has 0 aromatic heterocycles. The molecule has 0 aliphatic heterocycles. The summed E-state index contributed by atoms with van der Waals surface area (Å²) in [6.07, 6.45) is 0.510. The molecule has 0 aliphatic rings. The SMILES string of the molecule is CC(C)N(CCCO)C(=O)COc1ccc(Br)cc1F. The number of hydrogen-bond acceptors (Lipinski definition) is 3. The zero-order valence-electron chi connectivity index (χ0n) is 11.6. The van der Waals surface area contributed by atoms with E-state index in [1.54, 1.807) is 11.0 Å². The molecule has 112 valence electrons. The Kier molecular flexibility index (Phi) is 6.95. The van der Waals surface area contributed by atoms with Crippen LogP contribution in [-0.4, -0.2) is 41.7 Å². The van der Waals surface area contributed by atoms with E-state index < -0.39 is 5.82 Å². The van der Waals surface area contributed by atoms with Gasteiger partial charge in [0.1, 0.15) is 0 Å². The van der Waals surface area contributed by atoms with Crippen molar-refractivity contribution in [3.05, 3.63) is 28.5 Å². The zero-order chi connectivity index (χ0) is 15.1. The van der Waals surface area contributed by atoms with Crippen LogP contribution in [-0.2, 0) is 4.79 Å². The first-order valence-corrected chi connectivity index (χ1v) is 7.23. The second-order valence-electron chi connectivity index (χ2n) is 4.62. The summed E-state index contributed by atoms with van der Waals surface area (Å²) in [5.41, 5.74) is 0. The fourth-order valence-corrected chi connectivity index (χ4v) is 2.06. The van der Waals surface area contributed by atoms with Gasteiger partial charge in [0.15, 0.2) is 18.2 Å². The maximum absolute atomic E-state index is 13.6. The first-order chi connectivity index (χ1) is 9.45. The van der Waals surface area contributed by atoms with Gasteiger partial charge in [-0.15, -0.1) is 0 Å². The van der Waals surface area contributed by atoms with Gasteiger partial charge in [0.25, 0.3) is 5.91 Å². The third-order valence-corrected chi connectivity index (χ3v) is 3.24. The van der Waals surface area contributed by atoms with Gasteiger partial charge >= 0.3 is 0 Å². The Morgan fingerprint density at radius 1 is 1.50 bits per heavy atom. The molecule has 1 aromatic rings. The Morgan fingerprint density at radius 2 is 2.20 bits per heavy atom. The molecule has 0 atom stereocenters. The topological polar surface area (TPSA) is 49.8 Å². The summed E-state index contributed by atoms with van der Waals surface area (Å²) in [5.74, 6) is -0.693. The molecule has 4 nitrogen and oxygen atoms in total. The highest BCUT2D eigenvalue weighted by atomic mass is 79.9. The van der Waals surface area contributed by atoms with Crippen LogP contribution in [0.1, 0.15) is 20.3 Å². The molecule has 0 spiro atoms. The largest absolute Gasteiger partial charge is 0.481 e. The minimum absolute atomic E-state index is 0.00687. The minimum atomic E-state index is -0.515. The summed E-state index contributed by atoms with van der Waals surface area (Å²) in [5, 5.41) is 8.83. The van der Waals surface area contributed by atoms with Crippen molar-refractivity contribution in [2.75, 3.05) is 19.8 Å². The predicted molar refractivity (Wildman–Crippen MR) is 78.1 cm³/mol. The molecule has 1 amide bonds. The van der Waals surface area contributed by atoms with E-state index in [9.17, 15) is 9.18 Å². The lowest BCUT2D eigenvalue weighted by Gasteiger charge is -2.26. The predicted octanol–water partition coefficient (Wildman–Crippen LogP) is 2.59. The molecule has 1 rings (SSSR count). The summed E-state index contributed by atoms with van der Waals surface area (Å²) in [7, 11) is 0. The number of amides is 1. The Balaban J connectivity index is 2.60. The van der Waals surface area contributed by atoms with E-state index in [0.29, 0.717) is 17.4 Å². The zero-order valence-corrected chi connectivity index (χ0v) is 13.2. The van der Waals surface area contributed by atoms with Crippen LogP contribution in [0.15, 0.2) is 22.7 Å². The number of aliphatic hydroxyl groups excluding tert-OH is 1. The van der Waals surface area contributed by atoms with Crippen molar-refractivity contribution in [1.82, 2.24) is 4.90 Å². The van der Waals surface area contributed by atoms with Gasteiger partial charge in [-0.25, -0.2) is 4.39 Å². The quantitative estimate of drug-likeness (QED) is 0.824. The maximum atomic E-state index is 13.6. The Hall–Kier alpha value is -1.14. The minimum Gasteiger partial charge on any atom is -0.481 e. The van der Waals surface area contributed by atoms with Crippen molar-refractivity contribution in [3.8, 4) is 5.75 Å². The van der Waals surface area contributed by atoms with E-state index in [-0.39, 0.29) is 30.9 Å². The highest BCUT2D eigenvalue weighted by Crippen LogP contribution is 2.21. The van der Waals surface area contributed by atoms with Crippen molar-refractivity contribution >= 4 is 21.8 Å². The number of hydrogen-bond donors (Lipinski definition) is 1. The molecule has 0 bridgehead atoms. The molecule has 6 heteroatoms. The Morgan fingerprint density at radius 3 is 2.75 bits per heavy atom. The fraction of sp³-hybridized carbons (Fsp3) is 0.500. The highest BCUT2D eigenvalue weighted by Gasteiger charge is 2.17. The van der Waals surface area contributed by atoms with Gasteiger partial charge in [-0.3, -0.25) is 4.79 Å². The lowest BCUT2D eigenvalue weighted by atomic mass is 10.3. The molecule has 0 saturated carbocycles. The highest BCUT2D eigenvalue weighted by molar-refractivity contribution is 9.10. The Bertz CT molecular complexity index is 454. The number of rotatable bonds is 7. The van der Waals surface area contributed by atoms with Gasteiger partial charge in [0, 0.05) is 23.7 Å². The van der Waals surface area contributed by atoms with Crippen LogP contribution in [0.3, 0.4) is 0 Å². The standard InChI is InChI=1S/C14H19BrFNO3/c1-10(2)17(6-3-7-18)14(19)9-20-13-5-4-11(15)8-12(13)16/h4-5,8,10,18H,3,6-7,9H2,1-2H3.